The monoisotopic (exact) mass is 323 g/mol. The molecule has 7 nitrogen and oxygen atoms in total. The van der Waals surface area contributed by atoms with Crippen molar-refractivity contribution in [2.75, 3.05) is 7.11 Å². The highest BCUT2D eigenvalue weighted by Gasteiger charge is 2.13. The first-order chi connectivity index (χ1) is 11.7. The van der Waals surface area contributed by atoms with E-state index in [1.165, 1.54) is 18.6 Å². The van der Waals surface area contributed by atoms with Crippen LogP contribution in [0.1, 0.15) is 11.3 Å². The topological polar surface area (TPSA) is 82.1 Å². The summed E-state index contributed by atoms with van der Waals surface area (Å²) in [7, 11) is 1.58. The zero-order chi connectivity index (χ0) is 16.9. The maximum Gasteiger partial charge on any atom is 0.289 e. The minimum absolute atomic E-state index is 0.209. The van der Waals surface area contributed by atoms with Gasteiger partial charge in [0, 0.05) is 16.5 Å². The fourth-order valence-electron chi connectivity index (χ4n) is 2.26. The number of para-hydroxylation sites is 3. The number of rotatable bonds is 4. The van der Waals surface area contributed by atoms with Gasteiger partial charge in [0.15, 0.2) is 11.2 Å². The summed E-state index contributed by atoms with van der Waals surface area (Å²) in [5.74, 6) is 0.678. The molecule has 0 fully saturated rings. The SMILES string of the molecule is COc1ccccc1/C=N\N=C/c1c[n+](=O)c2ccccc2n1O. The molecule has 0 amide bonds. The quantitative estimate of drug-likeness (QED) is 0.346. The van der Waals surface area contributed by atoms with Gasteiger partial charge >= 0.3 is 0 Å². The molecule has 3 rings (SSSR count). The number of nitrogens with zero attached hydrogens (tertiary/aromatic N) is 4. The first kappa shape index (κ1) is 15.4. The number of aromatic nitrogens is 2. The highest BCUT2D eigenvalue weighted by Crippen LogP contribution is 2.14. The number of benzene rings is 2. The van der Waals surface area contributed by atoms with Crippen LogP contribution in [0.3, 0.4) is 0 Å². The maximum absolute atomic E-state index is 12.0. The third-order valence-corrected chi connectivity index (χ3v) is 3.43. The molecule has 2 aromatic carbocycles. The van der Waals surface area contributed by atoms with E-state index < -0.39 is 0 Å². The van der Waals surface area contributed by atoms with Crippen LogP contribution in [0.15, 0.2) is 64.9 Å². The summed E-state index contributed by atoms with van der Waals surface area (Å²) in [6, 6.07) is 14.1. The summed E-state index contributed by atoms with van der Waals surface area (Å²) < 4.78 is 6.78. The molecule has 24 heavy (non-hydrogen) atoms. The molecule has 1 heterocycles. The summed E-state index contributed by atoms with van der Waals surface area (Å²) in [4.78, 5) is 12.0. The van der Waals surface area contributed by atoms with Gasteiger partial charge in [0.05, 0.1) is 24.0 Å². The van der Waals surface area contributed by atoms with E-state index >= 15 is 0 Å². The van der Waals surface area contributed by atoms with Crippen LogP contribution in [-0.4, -0.2) is 29.5 Å². The Kier molecular flexibility index (Phi) is 4.33. The van der Waals surface area contributed by atoms with Gasteiger partial charge in [-0.1, -0.05) is 24.3 Å². The number of fused-ring (bicyclic) bond motifs is 1. The van der Waals surface area contributed by atoms with Gasteiger partial charge in [-0.2, -0.15) is 14.9 Å². The van der Waals surface area contributed by atoms with E-state index in [1.54, 1.807) is 31.4 Å². The lowest BCUT2D eigenvalue weighted by Crippen LogP contribution is -2.20. The van der Waals surface area contributed by atoms with Gasteiger partial charge in [-0.05, 0) is 18.2 Å². The van der Waals surface area contributed by atoms with Crippen LogP contribution in [0.4, 0.5) is 0 Å². The van der Waals surface area contributed by atoms with Crippen molar-refractivity contribution in [2.24, 2.45) is 10.2 Å². The van der Waals surface area contributed by atoms with Gasteiger partial charge < -0.3 is 9.94 Å². The maximum atomic E-state index is 12.0. The van der Waals surface area contributed by atoms with Gasteiger partial charge in [-0.15, -0.1) is 0 Å². The fourth-order valence-corrected chi connectivity index (χ4v) is 2.26. The Bertz CT molecular complexity index is 993. The highest BCUT2D eigenvalue weighted by molar-refractivity contribution is 5.85. The van der Waals surface area contributed by atoms with Gasteiger partial charge in [0.2, 0.25) is 0 Å². The Hall–Kier alpha value is -3.48. The van der Waals surface area contributed by atoms with E-state index in [1.807, 2.05) is 24.3 Å². The van der Waals surface area contributed by atoms with E-state index in [-0.39, 0.29) is 5.69 Å². The van der Waals surface area contributed by atoms with Gasteiger partial charge in [0.25, 0.3) is 11.7 Å². The second-order valence-corrected chi connectivity index (χ2v) is 4.91. The highest BCUT2D eigenvalue weighted by atomic mass is 16.5. The third-order valence-electron chi connectivity index (χ3n) is 3.43. The summed E-state index contributed by atoms with van der Waals surface area (Å²) in [5.41, 5.74) is 1.71. The van der Waals surface area contributed by atoms with E-state index in [4.69, 9.17) is 4.74 Å². The molecule has 0 saturated heterocycles. The van der Waals surface area contributed by atoms with Crippen molar-refractivity contribution in [3.05, 3.63) is 70.9 Å². The van der Waals surface area contributed by atoms with Gasteiger partial charge in [0.1, 0.15) is 5.75 Å². The first-order valence-electron chi connectivity index (χ1n) is 7.16. The predicted octanol–water partition coefficient (Wildman–Crippen LogP) is 2.25. The molecule has 0 bridgehead atoms. The summed E-state index contributed by atoms with van der Waals surface area (Å²) >= 11 is 0. The van der Waals surface area contributed by atoms with Crippen molar-refractivity contribution >= 4 is 23.5 Å². The molecule has 1 N–H and O–H groups in total. The fraction of sp³-hybridized carbons (Fsp3) is 0.0588. The molecule has 0 aliphatic rings. The number of ether oxygens (including phenoxy) is 1. The van der Waals surface area contributed by atoms with Crippen molar-refractivity contribution in [3.8, 4) is 5.75 Å². The predicted molar refractivity (Wildman–Crippen MR) is 90.7 cm³/mol. The number of hydrogen-bond acceptors (Lipinski definition) is 5. The molecule has 0 aliphatic heterocycles. The molecule has 120 valence electrons. The van der Waals surface area contributed by atoms with Gasteiger partial charge in [-0.3, -0.25) is 0 Å². The standard InChI is InChI=1S/C17H15N4O3/c1-24-17-9-5-2-6-13(17)10-18-19-11-14-12-20(22)15-7-3-4-8-16(15)21(14)23/h2-12,23H,1H3/q+1/b18-10-,19-11-. The van der Waals surface area contributed by atoms with Crippen molar-refractivity contribution in [3.63, 3.8) is 0 Å². The molecule has 0 atom stereocenters. The summed E-state index contributed by atoms with van der Waals surface area (Å²) in [5, 5.41) is 18.0. The number of methoxy groups -OCH3 is 1. The smallest absolute Gasteiger partial charge is 0.289 e. The minimum atomic E-state index is 0.209. The normalized spacial score (nSPS) is 11.5. The van der Waals surface area contributed by atoms with Crippen molar-refractivity contribution in [1.82, 2.24) is 4.73 Å². The molecule has 0 spiro atoms. The van der Waals surface area contributed by atoms with Crippen LogP contribution >= 0.6 is 0 Å². The summed E-state index contributed by atoms with van der Waals surface area (Å²) in [6.07, 6.45) is 4.06. The average Bonchev–Trinajstić information content (AvgIpc) is 2.63. The van der Waals surface area contributed by atoms with Crippen LogP contribution in [0.5, 0.6) is 5.75 Å². The second-order valence-electron chi connectivity index (χ2n) is 4.91. The molecular weight excluding hydrogens is 308 g/mol. The Morgan fingerprint density at radius 2 is 1.79 bits per heavy atom. The lowest BCUT2D eigenvalue weighted by Gasteiger charge is -2.02. The molecule has 0 saturated carbocycles. The van der Waals surface area contributed by atoms with Gasteiger partial charge in [-0.25, -0.2) is 0 Å². The zero-order valence-corrected chi connectivity index (χ0v) is 12.9. The van der Waals surface area contributed by atoms with E-state index in [0.717, 1.165) is 10.3 Å². The molecule has 3 aromatic rings. The average molecular weight is 323 g/mol. The largest absolute Gasteiger partial charge is 0.496 e. The van der Waals surface area contributed by atoms with Crippen LogP contribution in [0, 0.1) is 4.91 Å². The lowest BCUT2D eigenvalue weighted by molar-refractivity contribution is -0.465. The molecule has 0 radical (unpaired) electrons. The Morgan fingerprint density at radius 1 is 1.08 bits per heavy atom. The van der Waals surface area contributed by atoms with Crippen LogP contribution in [-0.2, 0) is 0 Å². The van der Waals surface area contributed by atoms with Crippen molar-refractivity contribution in [2.45, 2.75) is 0 Å². The molecule has 7 heteroatoms. The molecule has 0 unspecified atom stereocenters. The van der Waals surface area contributed by atoms with Crippen LogP contribution < -0.4 is 9.16 Å². The van der Waals surface area contributed by atoms with E-state index in [9.17, 15) is 10.1 Å². The third kappa shape index (κ3) is 3.00. The minimum Gasteiger partial charge on any atom is -0.496 e. The van der Waals surface area contributed by atoms with E-state index in [0.29, 0.717) is 21.2 Å². The van der Waals surface area contributed by atoms with Crippen molar-refractivity contribution < 1.29 is 14.4 Å². The van der Waals surface area contributed by atoms with E-state index in [2.05, 4.69) is 10.2 Å². The zero-order valence-electron chi connectivity index (χ0n) is 12.9. The van der Waals surface area contributed by atoms with Crippen molar-refractivity contribution in [1.29, 1.82) is 0 Å². The Morgan fingerprint density at radius 3 is 2.62 bits per heavy atom. The Balaban J connectivity index is 1.90. The lowest BCUT2D eigenvalue weighted by atomic mass is 10.2. The second kappa shape index (κ2) is 6.74. The van der Waals surface area contributed by atoms with Crippen LogP contribution in [0.2, 0.25) is 0 Å². The van der Waals surface area contributed by atoms with Crippen LogP contribution in [0.25, 0.3) is 11.0 Å². The first-order valence-corrected chi connectivity index (χ1v) is 7.16. The molecule has 0 aliphatic carbocycles. The summed E-state index contributed by atoms with van der Waals surface area (Å²) in [6.45, 7) is 0. The molecular formula is C17H15N4O3+. The Labute approximate surface area is 137 Å². The molecule has 1 aromatic heterocycles. The number of hydrogen-bond donors (Lipinski definition) is 1.